The Morgan fingerprint density at radius 1 is 0.486 bits per heavy atom. The molecule has 414 valence electrons. The topological polar surface area (TPSA) is 189 Å². The Morgan fingerprint density at radius 2 is 0.857 bits per heavy atom. The number of unbranched alkanes of at least 4 members (excludes halogenated alkanes) is 35. The van der Waals surface area contributed by atoms with E-state index in [1.165, 1.54) is 193 Å². The maximum absolute atomic E-state index is 13.2. The summed E-state index contributed by atoms with van der Waals surface area (Å²) in [4.78, 5) is 13.2. The average Bonchev–Trinajstić information content (AvgIpc) is 3.36. The van der Waals surface area contributed by atoms with Crippen molar-refractivity contribution in [2.45, 2.75) is 332 Å². The predicted molar refractivity (Wildman–Crippen MR) is 289 cm³/mol. The average molecular weight is 997 g/mol. The number of carbonyl (C=O) groups is 1. The SMILES string of the molecule is CCCCCCCCCCCCC/C=C/CC/C=C/CCCC(O)C(O)C(COC1OC(CO)C(O)C(O)C1O)NC(=O)C(O)CCCCCCCCCCCCCCCCCCCCCCCCC. The number of allylic oxidation sites excluding steroid dienone is 4. The second-order valence-corrected chi connectivity index (χ2v) is 21.1. The van der Waals surface area contributed by atoms with Crippen LogP contribution in [0.15, 0.2) is 24.3 Å². The summed E-state index contributed by atoms with van der Waals surface area (Å²) in [6.07, 6.45) is 46.6. The highest BCUT2D eigenvalue weighted by molar-refractivity contribution is 5.80. The number of carbonyl (C=O) groups excluding carboxylic acids is 1. The minimum atomic E-state index is -1.67. The molecule has 1 saturated heterocycles. The monoisotopic (exact) mass is 996 g/mol. The fourth-order valence-corrected chi connectivity index (χ4v) is 9.64. The third kappa shape index (κ3) is 36.5. The zero-order valence-electron chi connectivity index (χ0n) is 45.3. The standard InChI is InChI=1S/C59H113NO10/c1-3-5-7-9-11-13-15-17-19-21-23-25-26-27-29-31-33-35-37-39-41-43-45-47-52(63)58(68)60-50(49-69-59-57(67)56(66)55(65)53(48-61)70-59)54(64)51(62)46-44-42-40-38-36-34-32-30-28-24-22-20-18-16-14-12-10-8-6-4-2/h30,32,38,40,50-57,59,61-67H,3-29,31,33-37,39,41-49H2,1-2H3,(H,60,68)/b32-30+,40-38+. The van der Waals surface area contributed by atoms with Gasteiger partial charge in [-0.3, -0.25) is 4.79 Å². The third-order valence-corrected chi connectivity index (χ3v) is 14.5. The van der Waals surface area contributed by atoms with Crippen LogP contribution in [0.5, 0.6) is 0 Å². The van der Waals surface area contributed by atoms with Crippen molar-refractivity contribution < 1.29 is 50.0 Å². The second kappa shape index (κ2) is 48.5. The van der Waals surface area contributed by atoms with Crippen molar-refractivity contribution in [2.75, 3.05) is 13.2 Å². The van der Waals surface area contributed by atoms with Gasteiger partial charge in [0.15, 0.2) is 6.29 Å². The van der Waals surface area contributed by atoms with Crippen LogP contribution in [-0.4, -0.2) is 110 Å². The molecule has 1 aliphatic heterocycles. The summed E-state index contributed by atoms with van der Waals surface area (Å²) in [6.45, 7) is 3.47. The minimum absolute atomic E-state index is 0.249. The Morgan fingerprint density at radius 3 is 1.27 bits per heavy atom. The first-order valence-electron chi connectivity index (χ1n) is 29.7. The molecule has 0 spiro atoms. The maximum Gasteiger partial charge on any atom is 0.249 e. The maximum atomic E-state index is 13.2. The van der Waals surface area contributed by atoms with Crippen LogP contribution in [0, 0.1) is 0 Å². The molecule has 0 bridgehead atoms. The largest absolute Gasteiger partial charge is 0.394 e. The molecule has 11 nitrogen and oxygen atoms in total. The summed E-state index contributed by atoms with van der Waals surface area (Å²) in [7, 11) is 0. The summed E-state index contributed by atoms with van der Waals surface area (Å²) in [5.41, 5.74) is 0. The first kappa shape index (κ1) is 66.6. The molecule has 0 radical (unpaired) electrons. The molecule has 0 saturated carbocycles. The van der Waals surface area contributed by atoms with Gasteiger partial charge in [0, 0.05) is 0 Å². The Hall–Kier alpha value is -1.41. The molecule has 0 aromatic rings. The fraction of sp³-hybridized carbons (Fsp3) is 0.915. The first-order valence-corrected chi connectivity index (χ1v) is 29.7. The quantitative estimate of drug-likeness (QED) is 0.0215. The minimum Gasteiger partial charge on any atom is -0.394 e. The fourth-order valence-electron chi connectivity index (χ4n) is 9.64. The van der Waals surface area contributed by atoms with Crippen LogP contribution in [0.3, 0.4) is 0 Å². The van der Waals surface area contributed by atoms with Crippen LogP contribution >= 0.6 is 0 Å². The molecular weight excluding hydrogens is 883 g/mol. The molecule has 8 N–H and O–H groups in total. The summed E-state index contributed by atoms with van der Waals surface area (Å²) < 4.78 is 11.1. The van der Waals surface area contributed by atoms with E-state index in [1.54, 1.807) is 0 Å². The van der Waals surface area contributed by atoms with Crippen molar-refractivity contribution in [3.05, 3.63) is 24.3 Å². The highest BCUT2D eigenvalue weighted by Crippen LogP contribution is 2.23. The van der Waals surface area contributed by atoms with E-state index in [4.69, 9.17) is 9.47 Å². The van der Waals surface area contributed by atoms with Gasteiger partial charge in [0.1, 0.15) is 36.6 Å². The lowest BCUT2D eigenvalue weighted by atomic mass is 9.98. The van der Waals surface area contributed by atoms with Gasteiger partial charge in [-0.25, -0.2) is 0 Å². The molecule has 70 heavy (non-hydrogen) atoms. The van der Waals surface area contributed by atoms with E-state index in [9.17, 15) is 40.5 Å². The van der Waals surface area contributed by atoms with Crippen LogP contribution in [-0.2, 0) is 14.3 Å². The normalized spacial score (nSPS) is 20.4. The second-order valence-electron chi connectivity index (χ2n) is 21.1. The molecule has 1 aliphatic rings. The van der Waals surface area contributed by atoms with Crippen molar-refractivity contribution in [1.29, 1.82) is 0 Å². The van der Waals surface area contributed by atoms with Crippen molar-refractivity contribution >= 4 is 5.91 Å². The van der Waals surface area contributed by atoms with Crippen LogP contribution in [0.1, 0.15) is 277 Å². The van der Waals surface area contributed by atoms with Crippen LogP contribution < -0.4 is 5.32 Å². The zero-order valence-corrected chi connectivity index (χ0v) is 45.3. The van der Waals surface area contributed by atoms with E-state index in [-0.39, 0.29) is 12.8 Å². The molecular formula is C59H113NO10. The molecule has 9 unspecified atom stereocenters. The number of aliphatic hydroxyl groups is 7. The predicted octanol–water partition coefficient (Wildman–Crippen LogP) is 12.5. The van der Waals surface area contributed by atoms with Gasteiger partial charge in [0.2, 0.25) is 5.91 Å². The molecule has 0 aromatic heterocycles. The van der Waals surface area contributed by atoms with Gasteiger partial charge in [-0.15, -0.1) is 0 Å². The van der Waals surface area contributed by atoms with E-state index in [1.807, 2.05) is 0 Å². The van der Waals surface area contributed by atoms with Gasteiger partial charge in [0.05, 0.1) is 25.4 Å². The van der Waals surface area contributed by atoms with Crippen molar-refractivity contribution in [3.8, 4) is 0 Å². The van der Waals surface area contributed by atoms with E-state index in [2.05, 4.69) is 43.5 Å². The zero-order chi connectivity index (χ0) is 51.1. The van der Waals surface area contributed by atoms with E-state index < -0.39 is 74.2 Å². The highest BCUT2D eigenvalue weighted by Gasteiger charge is 2.44. The molecule has 9 atom stereocenters. The lowest BCUT2D eigenvalue weighted by Crippen LogP contribution is -2.60. The Bertz CT molecular complexity index is 1190. The number of rotatable bonds is 51. The Labute approximate surface area is 429 Å². The number of aliphatic hydroxyl groups excluding tert-OH is 7. The highest BCUT2D eigenvalue weighted by atomic mass is 16.7. The molecule has 1 heterocycles. The lowest BCUT2D eigenvalue weighted by Gasteiger charge is -2.40. The molecule has 1 fully saturated rings. The summed E-state index contributed by atoms with van der Waals surface area (Å²) in [5.74, 6) is -0.705. The van der Waals surface area contributed by atoms with Crippen molar-refractivity contribution in [1.82, 2.24) is 5.32 Å². The van der Waals surface area contributed by atoms with Gasteiger partial charge in [-0.05, 0) is 51.4 Å². The molecule has 11 heteroatoms. The number of hydrogen-bond acceptors (Lipinski definition) is 10. The number of amides is 1. The van der Waals surface area contributed by atoms with E-state index in [0.717, 1.165) is 38.5 Å². The molecule has 1 amide bonds. The van der Waals surface area contributed by atoms with E-state index in [0.29, 0.717) is 19.3 Å². The molecule has 1 rings (SSSR count). The Kier molecular flexibility index (Phi) is 46.2. The van der Waals surface area contributed by atoms with Gasteiger partial charge >= 0.3 is 0 Å². The van der Waals surface area contributed by atoms with Gasteiger partial charge < -0.3 is 50.5 Å². The first-order chi connectivity index (χ1) is 34.2. The van der Waals surface area contributed by atoms with Crippen LogP contribution in [0.4, 0.5) is 0 Å². The van der Waals surface area contributed by atoms with Crippen LogP contribution in [0.25, 0.3) is 0 Å². The third-order valence-electron chi connectivity index (χ3n) is 14.5. The summed E-state index contributed by atoms with van der Waals surface area (Å²) in [5, 5.41) is 76.1. The van der Waals surface area contributed by atoms with Crippen molar-refractivity contribution in [2.24, 2.45) is 0 Å². The smallest absolute Gasteiger partial charge is 0.249 e. The number of hydrogen-bond donors (Lipinski definition) is 8. The van der Waals surface area contributed by atoms with Gasteiger partial charge in [-0.2, -0.15) is 0 Å². The Balaban J connectivity index is 2.32. The molecule has 0 aromatic carbocycles. The van der Waals surface area contributed by atoms with Gasteiger partial charge in [-0.1, -0.05) is 250 Å². The summed E-state index contributed by atoms with van der Waals surface area (Å²) >= 11 is 0. The summed E-state index contributed by atoms with van der Waals surface area (Å²) in [6, 6.07) is -1.19. The number of ether oxygens (including phenoxy) is 2. The lowest BCUT2D eigenvalue weighted by molar-refractivity contribution is -0.303. The van der Waals surface area contributed by atoms with Crippen molar-refractivity contribution in [3.63, 3.8) is 0 Å². The van der Waals surface area contributed by atoms with Gasteiger partial charge in [0.25, 0.3) is 0 Å². The number of nitrogens with one attached hydrogen (secondary N) is 1. The van der Waals surface area contributed by atoms with Crippen LogP contribution in [0.2, 0.25) is 0 Å². The van der Waals surface area contributed by atoms with E-state index >= 15 is 0 Å². The molecule has 0 aliphatic carbocycles.